The lowest BCUT2D eigenvalue weighted by Gasteiger charge is -2.17. The van der Waals surface area contributed by atoms with Crippen LogP contribution in [0.15, 0.2) is 41.9 Å². The van der Waals surface area contributed by atoms with E-state index >= 15 is 0 Å². The first kappa shape index (κ1) is 17.1. The maximum atomic E-state index is 12.4. The summed E-state index contributed by atoms with van der Waals surface area (Å²) in [4.78, 5) is 18.8. The fourth-order valence-electron chi connectivity index (χ4n) is 2.66. The molecule has 5 nitrogen and oxygen atoms in total. The Kier molecular flexibility index (Phi) is 6.66. The fourth-order valence-corrected chi connectivity index (χ4v) is 2.66. The number of aliphatic imine (C=N–C) groups is 1. The Hall–Kier alpha value is -2.30. The predicted molar refractivity (Wildman–Crippen MR) is 95.9 cm³/mol. The van der Waals surface area contributed by atoms with Gasteiger partial charge in [0.1, 0.15) is 0 Å². The van der Waals surface area contributed by atoms with Crippen molar-refractivity contribution in [3.63, 3.8) is 0 Å². The summed E-state index contributed by atoms with van der Waals surface area (Å²) >= 11 is 0. The molecular weight excluding hydrogens is 288 g/mol. The van der Waals surface area contributed by atoms with Gasteiger partial charge in [-0.1, -0.05) is 24.3 Å². The van der Waals surface area contributed by atoms with E-state index < -0.39 is 0 Å². The Morgan fingerprint density at radius 3 is 3.00 bits per heavy atom. The summed E-state index contributed by atoms with van der Waals surface area (Å²) in [6.45, 7) is 8.62. The molecule has 1 heterocycles. The van der Waals surface area contributed by atoms with Crippen LogP contribution in [0.1, 0.15) is 25.3 Å². The highest BCUT2D eigenvalue weighted by Gasteiger charge is 2.23. The van der Waals surface area contributed by atoms with Crippen LogP contribution in [0.3, 0.4) is 0 Å². The van der Waals surface area contributed by atoms with E-state index in [1.807, 2.05) is 30.0 Å². The van der Waals surface area contributed by atoms with E-state index in [1.165, 1.54) is 5.56 Å². The average Bonchev–Trinajstić information content (AvgIpc) is 3.00. The van der Waals surface area contributed by atoms with Crippen molar-refractivity contribution >= 4 is 17.6 Å². The van der Waals surface area contributed by atoms with Crippen LogP contribution in [-0.4, -0.2) is 38.0 Å². The molecule has 0 aromatic heterocycles. The zero-order valence-corrected chi connectivity index (χ0v) is 13.8. The standard InChI is InChI=1S/C18H26N4O/c1-3-12-20-18(19-4-2)21-13-7-10-17(23)22-14-11-15-8-5-6-9-16(15)22/h3,5-6,8-9H,1,4,7,10-14H2,2H3,(H2,19,20,21). The second kappa shape index (κ2) is 8.98. The van der Waals surface area contributed by atoms with E-state index in [2.05, 4.69) is 28.3 Å². The molecule has 1 amide bonds. The van der Waals surface area contributed by atoms with Crippen molar-refractivity contribution in [3.8, 4) is 0 Å². The number of guanidine groups is 1. The quantitative estimate of drug-likeness (QED) is 0.351. The van der Waals surface area contributed by atoms with Crippen molar-refractivity contribution in [1.29, 1.82) is 0 Å². The normalized spacial score (nSPS) is 13.6. The average molecular weight is 314 g/mol. The van der Waals surface area contributed by atoms with E-state index in [1.54, 1.807) is 6.08 Å². The van der Waals surface area contributed by atoms with E-state index in [-0.39, 0.29) is 5.91 Å². The highest BCUT2D eigenvalue weighted by atomic mass is 16.2. The summed E-state index contributed by atoms with van der Waals surface area (Å²) in [5.41, 5.74) is 2.34. The molecule has 23 heavy (non-hydrogen) atoms. The van der Waals surface area contributed by atoms with Gasteiger partial charge in [-0.05, 0) is 31.4 Å². The number of nitrogens with one attached hydrogen (secondary N) is 2. The number of anilines is 1. The van der Waals surface area contributed by atoms with Crippen LogP contribution < -0.4 is 15.5 Å². The summed E-state index contributed by atoms with van der Waals surface area (Å²) < 4.78 is 0. The number of nitrogens with zero attached hydrogens (tertiary/aromatic N) is 2. The van der Waals surface area contributed by atoms with Crippen LogP contribution >= 0.6 is 0 Å². The third-order valence-corrected chi connectivity index (χ3v) is 3.76. The maximum Gasteiger partial charge on any atom is 0.227 e. The minimum Gasteiger partial charge on any atom is -0.357 e. The maximum absolute atomic E-state index is 12.4. The first-order valence-corrected chi connectivity index (χ1v) is 8.27. The largest absolute Gasteiger partial charge is 0.357 e. The lowest BCUT2D eigenvalue weighted by atomic mass is 10.2. The molecule has 0 aliphatic carbocycles. The van der Waals surface area contributed by atoms with Crippen LogP contribution in [0, 0.1) is 0 Å². The highest BCUT2D eigenvalue weighted by Crippen LogP contribution is 2.27. The molecule has 1 aromatic rings. The summed E-state index contributed by atoms with van der Waals surface area (Å²) in [5.74, 6) is 0.959. The molecule has 0 saturated heterocycles. The molecule has 1 aromatic carbocycles. The van der Waals surface area contributed by atoms with E-state index in [9.17, 15) is 4.79 Å². The molecule has 0 bridgehead atoms. The number of hydrogen-bond donors (Lipinski definition) is 2. The number of amides is 1. The van der Waals surface area contributed by atoms with Gasteiger partial charge in [-0.25, -0.2) is 0 Å². The summed E-state index contributed by atoms with van der Waals surface area (Å²) in [7, 11) is 0. The SMILES string of the molecule is C=CCNC(=NCCCC(=O)N1CCc2ccccc21)NCC. The third-order valence-electron chi connectivity index (χ3n) is 3.76. The fraction of sp³-hybridized carbons (Fsp3) is 0.444. The van der Waals surface area contributed by atoms with E-state index in [0.717, 1.165) is 37.6 Å². The van der Waals surface area contributed by atoms with Crippen molar-refractivity contribution in [3.05, 3.63) is 42.5 Å². The number of fused-ring (bicyclic) bond motifs is 1. The van der Waals surface area contributed by atoms with Crippen molar-refractivity contribution < 1.29 is 4.79 Å². The van der Waals surface area contributed by atoms with E-state index in [0.29, 0.717) is 19.5 Å². The second-order valence-corrected chi connectivity index (χ2v) is 5.46. The predicted octanol–water partition coefficient (Wildman–Crippen LogP) is 2.10. The molecule has 5 heteroatoms. The molecule has 2 rings (SSSR count). The molecule has 0 fully saturated rings. The van der Waals surface area contributed by atoms with Crippen LogP contribution in [-0.2, 0) is 11.2 Å². The minimum absolute atomic E-state index is 0.189. The first-order valence-electron chi connectivity index (χ1n) is 8.27. The van der Waals surface area contributed by atoms with Gasteiger partial charge in [-0.2, -0.15) is 0 Å². The van der Waals surface area contributed by atoms with Gasteiger partial charge in [0.15, 0.2) is 5.96 Å². The molecule has 0 atom stereocenters. The Labute approximate surface area is 138 Å². The molecule has 0 saturated carbocycles. The number of carbonyl (C=O) groups is 1. The lowest BCUT2D eigenvalue weighted by molar-refractivity contribution is -0.118. The molecule has 2 N–H and O–H groups in total. The number of carbonyl (C=O) groups excluding carboxylic acids is 1. The topological polar surface area (TPSA) is 56.7 Å². The lowest BCUT2D eigenvalue weighted by Crippen LogP contribution is -2.37. The van der Waals surface area contributed by atoms with Crippen LogP contribution in [0.5, 0.6) is 0 Å². The van der Waals surface area contributed by atoms with Gasteiger partial charge >= 0.3 is 0 Å². The minimum atomic E-state index is 0.189. The molecule has 124 valence electrons. The summed E-state index contributed by atoms with van der Waals surface area (Å²) in [5, 5.41) is 6.32. The first-order chi connectivity index (χ1) is 11.3. The van der Waals surface area contributed by atoms with Crippen molar-refractivity contribution in [2.45, 2.75) is 26.2 Å². The molecule has 1 aliphatic rings. The smallest absolute Gasteiger partial charge is 0.227 e. The molecule has 0 radical (unpaired) electrons. The molecule has 0 spiro atoms. The molecule has 0 unspecified atom stereocenters. The zero-order valence-electron chi connectivity index (χ0n) is 13.8. The third kappa shape index (κ3) is 4.84. The van der Waals surface area contributed by atoms with Gasteiger partial charge in [-0.3, -0.25) is 9.79 Å². The zero-order chi connectivity index (χ0) is 16.5. The Balaban J connectivity index is 1.80. The monoisotopic (exact) mass is 314 g/mol. The van der Waals surface area contributed by atoms with Gasteiger partial charge in [-0.15, -0.1) is 6.58 Å². The molecular formula is C18H26N4O. The van der Waals surface area contributed by atoms with Crippen molar-refractivity contribution in [2.75, 3.05) is 31.1 Å². The van der Waals surface area contributed by atoms with Crippen LogP contribution in [0.2, 0.25) is 0 Å². The Morgan fingerprint density at radius 2 is 2.22 bits per heavy atom. The van der Waals surface area contributed by atoms with Gasteiger partial charge in [0.2, 0.25) is 5.91 Å². The van der Waals surface area contributed by atoms with Gasteiger partial charge < -0.3 is 15.5 Å². The number of rotatable bonds is 7. The van der Waals surface area contributed by atoms with Crippen molar-refractivity contribution in [2.24, 2.45) is 4.99 Å². The number of hydrogen-bond acceptors (Lipinski definition) is 2. The van der Waals surface area contributed by atoms with Gasteiger partial charge in [0, 0.05) is 38.3 Å². The van der Waals surface area contributed by atoms with Crippen LogP contribution in [0.25, 0.3) is 0 Å². The van der Waals surface area contributed by atoms with Gasteiger partial charge in [0.25, 0.3) is 0 Å². The Morgan fingerprint density at radius 1 is 1.39 bits per heavy atom. The van der Waals surface area contributed by atoms with Crippen molar-refractivity contribution in [1.82, 2.24) is 10.6 Å². The Bertz CT molecular complexity index is 568. The number of para-hydroxylation sites is 1. The second-order valence-electron chi connectivity index (χ2n) is 5.46. The van der Waals surface area contributed by atoms with Gasteiger partial charge in [0.05, 0.1) is 0 Å². The summed E-state index contributed by atoms with van der Waals surface area (Å²) in [6, 6.07) is 8.14. The van der Waals surface area contributed by atoms with Crippen LogP contribution in [0.4, 0.5) is 5.69 Å². The molecule has 1 aliphatic heterocycles. The summed E-state index contributed by atoms with van der Waals surface area (Å²) in [6.07, 6.45) is 4.03. The van der Waals surface area contributed by atoms with E-state index in [4.69, 9.17) is 0 Å². The number of benzene rings is 1. The highest BCUT2D eigenvalue weighted by molar-refractivity contribution is 5.95.